The van der Waals surface area contributed by atoms with Crippen molar-refractivity contribution in [2.24, 2.45) is 17.6 Å². The smallest absolute Gasteiger partial charge is 0.246 e. The molecule has 0 radical (unpaired) electrons. The molecule has 4 rings (SSSR count). The molecule has 0 saturated heterocycles. The normalized spacial score (nSPS) is 18.6. The SMILES string of the molecule is N[C@@H](Cc1cccs1)C(=O)C[C@H](/C=C/C(=O)N1Cc2ccccc2C1)CC1CCCCC1. The lowest BCUT2D eigenvalue weighted by molar-refractivity contribution is -0.126. The van der Waals surface area contributed by atoms with Crippen LogP contribution in [0.2, 0.25) is 0 Å². The molecule has 2 N–H and O–H groups in total. The molecule has 0 bridgehead atoms. The van der Waals surface area contributed by atoms with E-state index in [9.17, 15) is 9.59 Å². The number of rotatable bonds is 9. The average molecular weight is 451 g/mol. The van der Waals surface area contributed by atoms with Gasteiger partial charge >= 0.3 is 0 Å². The first kappa shape index (κ1) is 22.9. The largest absolute Gasteiger partial charge is 0.330 e. The second-order valence-corrected chi connectivity index (χ2v) is 10.4. The Morgan fingerprint density at radius 3 is 2.44 bits per heavy atom. The Kier molecular flexibility index (Phi) is 7.93. The van der Waals surface area contributed by atoms with Gasteiger partial charge in [0.05, 0.1) is 6.04 Å². The van der Waals surface area contributed by atoms with E-state index in [1.54, 1.807) is 17.4 Å². The molecule has 1 aromatic carbocycles. The van der Waals surface area contributed by atoms with Crippen molar-refractivity contribution < 1.29 is 9.59 Å². The molecule has 170 valence electrons. The van der Waals surface area contributed by atoms with Gasteiger partial charge in [-0.25, -0.2) is 0 Å². The molecule has 2 aromatic rings. The number of nitrogens with two attached hydrogens (primary N) is 1. The van der Waals surface area contributed by atoms with Gasteiger partial charge in [-0.2, -0.15) is 0 Å². The molecule has 0 spiro atoms. The molecule has 1 aliphatic heterocycles. The molecule has 2 atom stereocenters. The molecule has 4 nitrogen and oxygen atoms in total. The molecule has 1 amide bonds. The predicted octanol–water partition coefficient (Wildman–Crippen LogP) is 5.26. The number of nitrogens with zero attached hydrogens (tertiary/aromatic N) is 1. The topological polar surface area (TPSA) is 63.4 Å². The minimum atomic E-state index is -0.473. The Labute approximate surface area is 195 Å². The molecule has 1 aliphatic carbocycles. The summed E-state index contributed by atoms with van der Waals surface area (Å²) in [7, 11) is 0. The highest BCUT2D eigenvalue weighted by molar-refractivity contribution is 7.09. The third kappa shape index (κ3) is 6.17. The quantitative estimate of drug-likeness (QED) is 0.530. The van der Waals surface area contributed by atoms with Crippen LogP contribution in [0.3, 0.4) is 0 Å². The van der Waals surface area contributed by atoms with Gasteiger partial charge in [-0.1, -0.05) is 68.5 Å². The molecular formula is C27H34N2O2S. The Morgan fingerprint density at radius 2 is 1.78 bits per heavy atom. The second kappa shape index (κ2) is 11.1. The van der Waals surface area contributed by atoms with Gasteiger partial charge in [0.25, 0.3) is 0 Å². The monoisotopic (exact) mass is 450 g/mol. The zero-order valence-corrected chi connectivity index (χ0v) is 19.6. The molecular weight excluding hydrogens is 416 g/mol. The van der Waals surface area contributed by atoms with Gasteiger partial charge in [0.15, 0.2) is 0 Å². The molecule has 1 aromatic heterocycles. The fourth-order valence-electron chi connectivity index (χ4n) is 5.06. The van der Waals surface area contributed by atoms with Crippen LogP contribution in [-0.2, 0) is 29.1 Å². The van der Waals surface area contributed by atoms with E-state index >= 15 is 0 Å². The van der Waals surface area contributed by atoms with Crippen LogP contribution in [0.25, 0.3) is 0 Å². The fraction of sp³-hybridized carbons (Fsp3) is 0.481. The predicted molar refractivity (Wildman–Crippen MR) is 130 cm³/mol. The summed E-state index contributed by atoms with van der Waals surface area (Å²) in [6.07, 6.45) is 12.0. The van der Waals surface area contributed by atoms with E-state index in [0.29, 0.717) is 31.8 Å². The third-order valence-corrected chi connectivity index (χ3v) is 7.80. The number of thiophene rings is 1. The number of carbonyl (C=O) groups is 2. The van der Waals surface area contributed by atoms with Crippen molar-refractivity contribution in [2.75, 3.05) is 0 Å². The summed E-state index contributed by atoms with van der Waals surface area (Å²) in [4.78, 5) is 28.8. The number of ketones is 1. The van der Waals surface area contributed by atoms with E-state index in [-0.39, 0.29) is 17.6 Å². The first-order chi connectivity index (χ1) is 15.6. The van der Waals surface area contributed by atoms with Gasteiger partial charge < -0.3 is 10.6 Å². The van der Waals surface area contributed by atoms with Gasteiger partial charge in [0, 0.05) is 30.8 Å². The Hall–Kier alpha value is -2.24. The number of carbonyl (C=O) groups excluding carboxylic acids is 2. The number of fused-ring (bicyclic) bond motifs is 1. The van der Waals surface area contributed by atoms with Crippen molar-refractivity contribution in [2.45, 2.75) is 70.5 Å². The number of benzene rings is 1. The number of hydrogen-bond donors (Lipinski definition) is 1. The lowest BCUT2D eigenvalue weighted by atomic mass is 9.80. The summed E-state index contributed by atoms with van der Waals surface area (Å²) in [5.41, 5.74) is 8.70. The van der Waals surface area contributed by atoms with E-state index in [2.05, 4.69) is 12.1 Å². The fourth-order valence-corrected chi connectivity index (χ4v) is 5.83. The second-order valence-electron chi connectivity index (χ2n) is 9.38. The van der Waals surface area contributed by atoms with Crippen LogP contribution < -0.4 is 5.73 Å². The van der Waals surface area contributed by atoms with E-state index < -0.39 is 6.04 Å². The van der Waals surface area contributed by atoms with Crippen LogP contribution in [0.5, 0.6) is 0 Å². The van der Waals surface area contributed by atoms with Crippen LogP contribution in [0.4, 0.5) is 0 Å². The van der Waals surface area contributed by atoms with Crippen LogP contribution in [0.1, 0.15) is 60.9 Å². The minimum absolute atomic E-state index is 0.0326. The summed E-state index contributed by atoms with van der Waals surface area (Å²) in [6, 6.07) is 11.8. The molecule has 0 unspecified atom stereocenters. The summed E-state index contributed by atoms with van der Waals surface area (Å²) in [5, 5.41) is 2.02. The standard InChI is InChI=1S/C27H34N2O2S/c28-25(17-24-11-6-14-32-24)26(30)16-21(15-20-7-2-1-3-8-20)12-13-27(31)29-18-22-9-4-5-10-23(22)19-29/h4-6,9-14,20-21,25H,1-3,7-8,15-19,28H2/b13-12+/t21-,25+/m1/s1. The number of Topliss-reactive ketones (excluding diaryl/α,β-unsaturated/α-hetero) is 1. The van der Waals surface area contributed by atoms with Gasteiger partial charge in [-0.3, -0.25) is 9.59 Å². The summed E-state index contributed by atoms with van der Waals surface area (Å²) in [5.74, 6) is 0.856. The summed E-state index contributed by atoms with van der Waals surface area (Å²) in [6.45, 7) is 1.33. The Bertz CT molecular complexity index is 906. The first-order valence-corrected chi connectivity index (χ1v) is 12.8. The maximum Gasteiger partial charge on any atom is 0.246 e. The third-order valence-electron chi connectivity index (χ3n) is 6.90. The van der Waals surface area contributed by atoms with Gasteiger partial charge in [0.2, 0.25) is 5.91 Å². The van der Waals surface area contributed by atoms with E-state index in [1.807, 2.05) is 40.6 Å². The zero-order chi connectivity index (χ0) is 22.3. The Balaban J connectivity index is 1.38. The van der Waals surface area contributed by atoms with Crippen LogP contribution in [0, 0.1) is 11.8 Å². The van der Waals surface area contributed by atoms with Crippen molar-refractivity contribution in [1.82, 2.24) is 4.90 Å². The lowest BCUT2D eigenvalue weighted by Gasteiger charge is -2.25. The van der Waals surface area contributed by atoms with Crippen molar-refractivity contribution in [3.8, 4) is 0 Å². The zero-order valence-electron chi connectivity index (χ0n) is 18.7. The maximum absolute atomic E-state index is 12.9. The first-order valence-electron chi connectivity index (χ1n) is 11.9. The molecule has 32 heavy (non-hydrogen) atoms. The van der Waals surface area contributed by atoms with Crippen molar-refractivity contribution in [3.63, 3.8) is 0 Å². The number of allylic oxidation sites excluding steroid dienone is 1. The maximum atomic E-state index is 12.9. The average Bonchev–Trinajstić information content (AvgIpc) is 3.47. The number of hydrogen-bond acceptors (Lipinski definition) is 4. The molecule has 1 saturated carbocycles. The van der Waals surface area contributed by atoms with Crippen molar-refractivity contribution in [1.29, 1.82) is 0 Å². The molecule has 2 heterocycles. The minimum Gasteiger partial charge on any atom is -0.330 e. The van der Waals surface area contributed by atoms with Crippen LogP contribution in [-0.4, -0.2) is 22.6 Å². The lowest BCUT2D eigenvalue weighted by Crippen LogP contribution is -2.34. The van der Waals surface area contributed by atoms with E-state index in [0.717, 1.165) is 11.3 Å². The van der Waals surface area contributed by atoms with Gasteiger partial charge in [-0.15, -0.1) is 11.3 Å². The van der Waals surface area contributed by atoms with E-state index in [1.165, 1.54) is 43.2 Å². The van der Waals surface area contributed by atoms with Gasteiger partial charge in [0.1, 0.15) is 5.78 Å². The highest BCUT2D eigenvalue weighted by Gasteiger charge is 2.24. The van der Waals surface area contributed by atoms with E-state index in [4.69, 9.17) is 5.73 Å². The highest BCUT2D eigenvalue weighted by Crippen LogP contribution is 2.31. The van der Waals surface area contributed by atoms with Crippen LogP contribution >= 0.6 is 11.3 Å². The number of amides is 1. The van der Waals surface area contributed by atoms with Crippen molar-refractivity contribution in [3.05, 3.63) is 69.9 Å². The highest BCUT2D eigenvalue weighted by atomic mass is 32.1. The van der Waals surface area contributed by atoms with Crippen molar-refractivity contribution >= 4 is 23.0 Å². The molecule has 2 aliphatic rings. The summed E-state index contributed by atoms with van der Waals surface area (Å²) >= 11 is 1.64. The molecule has 5 heteroatoms. The molecule has 1 fully saturated rings. The van der Waals surface area contributed by atoms with Crippen LogP contribution in [0.15, 0.2) is 53.9 Å². The van der Waals surface area contributed by atoms with Gasteiger partial charge in [-0.05, 0) is 46.9 Å². The summed E-state index contributed by atoms with van der Waals surface area (Å²) < 4.78 is 0. The Morgan fingerprint density at radius 1 is 1.06 bits per heavy atom.